The normalized spacial score (nSPS) is 13.9. The minimum Gasteiger partial charge on any atom is -0.362 e. The van der Waals surface area contributed by atoms with Gasteiger partial charge in [-0.3, -0.25) is 4.79 Å². The minimum absolute atomic E-state index is 0.0532. The van der Waals surface area contributed by atoms with E-state index in [-0.39, 0.29) is 5.91 Å². The van der Waals surface area contributed by atoms with Crippen molar-refractivity contribution >= 4 is 28.3 Å². The third kappa shape index (κ3) is 2.54. The molecule has 0 spiro atoms. The van der Waals surface area contributed by atoms with Gasteiger partial charge >= 0.3 is 0 Å². The highest BCUT2D eigenvalue weighted by atomic mass is 16.1. The van der Waals surface area contributed by atoms with Crippen LogP contribution in [-0.2, 0) is 17.9 Å². The molecule has 1 amide bonds. The molecule has 4 rings (SSSR count). The summed E-state index contributed by atoms with van der Waals surface area (Å²) in [4.78, 5) is 18.3. The number of aromatic nitrogens is 2. The Morgan fingerprint density at radius 3 is 2.87 bits per heavy atom. The Bertz CT molecular complexity index is 884. The molecule has 1 N–H and O–H groups in total. The summed E-state index contributed by atoms with van der Waals surface area (Å²) in [5.41, 5.74) is 4.19. The molecule has 1 aromatic heterocycles. The zero-order valence-corrected chi connectivity index (χ0v) is 13.0. The summed E-state index contributed by atoms with van der Waals surface area (Å²) >= 11 is 0. The molecule has 23 heavy (non-hydrogen) atoms. The molecule has 1 aliphatic heterocycles. The number of hydrogen-bond acceptors (Lipinski definition) is 3. The van der Waals surface area contributed by atoms with E-state index in [0.29, 0.717) is 0 Å². The quantitative estimate of drug-likeness (QED) is 0.792. The van der Waals surface area contributed by atoms with Crippen molar-refractivity contribution < 1.29 is 4.79 Å². The van der Waals surface area contributed by atoms with Crippen molar-refractivity contribution in [3.05, 3.63) is 54.4 Å². The molecule has 0 radical (unpaired) electrons. The van der Waals surface area contributed by atoms with Crippen LogP contribution in [0.2, 0.25) is 0 Å². The molecule has 116 valence electrons. The molecule has 0 atom stereocenters. The number of amides is 1. The molecule has 0 fully saturated rings. The third-order valence-corrected chi connectivity index (χ3v) is 4.19. The summed E-state index contributed by atoms with van der Waals surface area (Å²) in [5.74, 6) is 1.03. The van der Waals surface area contributed by atoms with Crippen molar-refractivity contribution in [2.24, 2.45) is 0 Å². The second-order valence-corrected chi connectivity index (χ2v) is 5.82. The summed E-state index contributed by atoms with van der Waals surface area (Å²) in [5, 5.41) is 2.84. The lowest BCUT2D eigenvalue weighted by atomic mass is 10.2. The molecule has 0 aliphatic carbocycles. The van der Waals surface area contributed by atoms with E-state index >= 15 is 0 Å². The number of para-hydroxylation sites is 2. The minimum atomic E-state index is -0.0532. The smallest absolute Gasteiger partial charge is 0.221 e. The molecular formula is C18H18N4O. The molecule has 2 aromatic carbocycles. The van der Waals surface area contributed by atoms with Gasteiger partial charge in [0.15, 0.2) is 0 Å². The Morgan fingerprint density at radius 1 is 1.13 bits per heavy atom. The Hall–Kier alpha value is -2.82. The summed E-state index contributed by atoms with van der Waals surface area (Å²) in [6.07, 6.45) is 0. The number of hydrogen-bond donors (Lipinski definition) is 1. The van der Waals surface area contributed by atoms with Gasteiger partial charge in [0, 0.05) is 31.4 Å². The van der Waals surface area contributed by atoms with Crippen LogP contribution in [-0.4, -0.2) is 22.0 Å². The first kappa shape index (κ1) is 13.8. The second-order valence-electron chi connectivity index (χ2n) is 5.82. The molecule has 0 saturated carbocycles. The lowest BCUT2D eigenvalue weighted by molar-refractivity contribution is -0.114. The van der Waals surface area contributed by atoms with Crippen LogP contribution < -0.4 is 10.2 Å². The highest BCUT2D eigenvalue weighted by Gasteiger charge is 2.20. The Kier molecular flexibility index (Phi) is 3.26. The standard InChI is InChI=1S/C18H18N4O/c1-13(23)19-14-5-4-6-15(11-14)21-9-10-22-17-8-3-2-7-16(17)20-18(22)12-21/h2-8,11H,9-10,12H2,1H3,(H,19,23). The molecule has 0 saturated heterocycles. The van der Waals surface area contributed by atoms with Crippen LogP contribution in [0.3, 0.4) is 0 Å². The highest BCUT2D eigenvalue weighted by molar-refractivity contribution is 5.89. The van der Waals surface area contributed by atoms with E-state index in [9.17, 15) is 4.79 Å². The maximum Gasteiger partial charge on any atom is 0.221 e. The summed E-state index contributed by atoms with van der Waals surface area (Å²) in [7, 11) is 0. The van der Waals surface area contributed by atoms with E-state index in [2.05, 4.69) is 39.0 Å². The van der Waals surface area contributed by atoms with Crippen LogP contribution in [0.25, 0.3) is 11.0 Å². The molecule has 5 heteroatoms. The van der Waals surface area contributed by atoms with E-state index in [1.54, 1.807) is 0 Å². The topological polar surface area (TPSA) is 50.2 Å². The second kappa shape index (κ2) is 5.43. The Balaban J connectivity index is 1.64. The fraction of sp³-hybridized carbons (Fsp3) is 0.222. The first-order valence-electron chi connectivity index (χ1n) is 7.77. The summed E-state index contributed by atoms with van der Waals surface area (Å²) in [6, 6.07) is 16.2. The lowest BCUT2D eigenvalue weighted by Crippen LogP contribution is -2.33. The first-order chi connectivity index (χ1) is 11.2. The van der Waals surface area contributed by atoms with Crippen molar-refractivity contribution in [1.29, 1.82) is 0 Å². The number of anilines is 2. The fourth-order valence-corrected chi connectivity index (χ4v) is 3.17. The predicted molar refractivity (Wildman–Crippen MR) is 91.5 cm³/mol. The van der Waals surface area contributed by atoms with Gasteiger partial charge in [0.25, 0.3) is 0 Å². The monoisotopic (exact) mass is 306 g/mol. The number of imidazole rings is 1. The molecule has 0 bridgehead atoms. The van der Waals surface area contributed by atoms with Crippen LogP contribution >= 0.6 is 0 Å². The Labute approximate surface area is 134 Å². The van der Waals surface area contributed by atoms with E-state index in [4.69, 9.17) is 4.98 Å². The van der Waals surface area contributed by atoms with Gasteiger partial charge in [0.05, 0.1) is 17.6 Å². The molecule has 0 unspecified atom stereocenters. The zero-order valence-electron chi connectivity index (χ0n) is 13.0. The number of carbonyl (C=O) groups excluding carboxylic acids is 1. The third-order valence-electron chi connectivity index (χ3n) is 4.19. The van der Waals surface area contributed by atoms with Gasteiger partial charge in [-0.2, -0.15) is 0 Å². The molecule has 1 aliphatic rings. The fourth-order valence-electron chi connectivity index (χ4n) is 3.17. The first-order valence-corrected chi connectivity index (χ1v) is 7.77. The van der Waals surface area contributed by atoms with Crippen LogP contribution in [0.1, 0.15) is 12.7 Å². The number of carbonyl (C=O) groups is 1. The van der Waals surface area contributed by atoms with Crippen molar-refractivity contribution in [3.63, 3.8) is 0 Å². The number of fused-ring (bicyclic) bond motifs is 3. The van der Waals surface area contributed by atoms with Crippen LogP contribution in [0.4, 0.5) is 11.4 Å². The van der Waals surface area contributed by atoms with Gasteiger partial charge < -0.3 is 14.8 Å². The SMILES string of the molecule is CC(=O)Nc1cccc(N2CCn3c(nc4ccccc43)C2)c1. The van der Waals surface area contributed by atoms with Crippen molar-refractivity contribution in [2.75, 3.05) is 16.8 Å². The van der Waals surface area contributed by atoms with E-state index in [1.165, 1.54) is 12.4 Å². The molecular weight excluding hydrogens is 288 g/mol. The van der Waals surface area contributed by atoms with Crippen LogP contribution in [0.15, 0.2) is 48.5 Å². The summed E-state index contributed by atoms with van der Waals surface area (Å²) < 4.78 is 2.30. The molecule has 3 aromatic rings. The number of nitrogens with zero attached hydrogens (tertiary/aromatic N) is 3. The highest BCUT2D eigenvalue weighted by Crippen LogP contribution is 2.26. The van der Waals surface area contributed by atoms with Gasteiger partial charge in [-0.25, -0.2) is 4.98 Å². The largest absolute Gasteiger partial charge is 0.362 e. The van der Waals surface area contributed by atoms with Gasteiger partial charge in [0.2, 0.25) is 5.91 Å². The van der Waals surface area contributed by atoms with Gasteiger partial charge in [0.1, 0.15) is 5.82 Å². The van der Waals surface area contributed by atoms with Crippen molar-refractivity contribution in [3.8, 4) is 0 Å². The predicted octanol–water partition coefficient (Wildman–Crippen LogP) is 3.01. The maximum absolute atomic E-state index is 11.2. The van der Waals surface area contributed by atoms with E-state index < -0.39 is 0 Å². The average molecular weight is 306 g/mol. The van der Waals surface area contributed by atoms with Gasteiger partial charge in [-0.15, -0.1) is 0 Å². The number of rotatable bonds is 2. The number of nitrogens with one attached hydrogen (secondary N) is 1. The molecule has 2 heterocycles. The lowest BCUT2D eigenvalue weighted by Gasteiger charge is -2.30. The van der Waals surface area contributed by atoms with E-state index in [1.807, 2.05) is 24.3 Å². The van der Waals surface area contributed by atoms with Crippen LogP contribution in [0.5, 0.6) is 0 Å². The van der Waals surface area contributed by atoms with Gasteiger partial charge in [-0.05, 0) is 30.3 Å². The Morgan fingerprint density at radius 2 is 2.00 bits per heavy atom. The van der Waals surface area contributed by atoms with Crippen LogP contribution in [0, 0.1) is 0 Å². The molecule has 5 nitrogen and oxygen atoms in total. The van der Waals surface area contributed by atoms with Gasteiger partial charge in [-0.1, -0.05) is 18.2 Å². The van der Waals surface area contributed by atoms with E-state index in [0.717, 1.165) is 42.4 Å². The number of benzene rings is 2. The van der Waals surface area contributed by atoms with Crippen molar-refractivity contribution in [1.82, 2.24) is 9.55 Å². The average Bonchev–Trinajstić information content (AvgIpc) is 2.92. The summed E-state index contributed by atoms with van der Waals surface area (Å²) in [6.45, 7) is 4.14. The van der Waals surface area contributed by atoms with Crippen molar-refractivity contribution in [2.45, 2.75) is 20.0 Å². The maximum atomic E-state index is 11.2. The zero-order chi connectivity index (χ0) is 15.8.